The maximum absolute atomic E-state index is 15.6. The van der Waals surface area contributed by atoms with Gasteiger partial charge in [0.1, 0.15) is 96.7 Å². The van der Waals surface area contributed by atoms with Crippen LogP contribution in [0.5, 0.6) is 0 Å². The van der Waals surface area contributed by atoms with Gasteiger partial charge in [0.25, 0.3) is 0 Å². The number of carboxylic acid groups (broad SMARTS) is 2. The number of nitrogens with zero attached hydrogens (tertiary/aromatic N) is 1. The molecule has 4 aliphatic heterocycles. The molecule has 0 aromatic heterocycles. The molecule has 4 aliphatic rings. The summed E-state index contributed by atoms with van der Waals surface area (Å²) in [6.45, 7) is 6.00. The van der Waals surface area contributed by atoms with Crippen LogP contribution >= 0.6 is 43.2 Å². The first-order chi connectivity index (χ1) is 68.7. The summed E-state index contributed by atoms with van der Waals surface area (Å²) in [5.74, 6) is -32.1. The van der Waals surface area contributed by atoms with E-state index in [2.05, 4.69) is 112 Å². The van der Waals surface area contributed by atoms with Gasteiger partial charge in [-0.1, -0.05) is 145 Å². The van der Waals surface area contributed by atoms with E-state index in [1.54, 1.807) is 74.5 Å². The van der Waals surface area contributed by atoms with E-state index in [-0.39, 0.29) is 84.0 Å². The highest BCUT2D eigenvalue weighted by atomic mass is 33.1. The van der Waals surface area contributed by atoms with Crippen LogP contribution in [-0.2, 0) is 118 Å². The molecule has 2 aromatic carbocycles. The number of fused-ring (bicyclic) bond motifs is 9. The molecule has 20 amide bonds. The van der Waals surface area contributed by atoms with Crippen LogP contribution in [0, 0.1) is 28.6 Å². The lowest BCUT2D eigenvalue weighted by atomic mass is 10.00. The maximum atomic E-state index is 15.6. The molecule has 0 spiro atoms. The number of carboxylic acids is 2. The molecule has 145 heavy (non-hydrogen) atoms. The van der Waals surface area contributed by atoms with Gasteiger partial charge < -0.3 is 149 Å². The van der Waals surface area contributed by atoms with Gasteiger partial charge >= 0.3 is 11.9 Å². The van der Waals surface area contributed by atoms with E-state index >= 15 is 38.4 Å². The van der Waals surface area contributed by atoms with Crippen LogP contribution in [0.15, 0.2) is 60.7 Å². The normalized spacial score (nSPS) is 25.9. The van der Waals surface area contributed by atoms with Gasteiger partial charge in [-0.25, -0.2) is 0 Å². The fourth-order valence-electron chi connectivity index (χ4n) is 15.1. The van der Waals surface area contributed by atoms with Crippen molar-refractivity contribution >= 4 is 185 Å². The fraction of sp³-hybridized carbons (Fsp3) is 0.596. The molecule has 17 atom stereocenters. The Labute approximate surface area is 851 Å². The number of nitrogens with two attached hydrogens (primary N) is 3. The van der Waals surface area contributed by atoms with Crippen LogP contribution in [0.3, 0.4) is 0 Å². The smallest absolute Gasteiger partial charge is 0.305 e. The number of guanidine groups is 2. The Bertz CT molecular complexity index is 4900. The van der Waals surface area contributed by atoms with Gasteiger partial charge in [-0.05, 0) is 107 Å². The summed E-state index contributed by atoms with van der Waals surface area (Å²) in [5.41, 5.74) is 17.8. The topological polar surface area (TPSA) is 818 Å². The number of nitrogens with one attached hydrogen (secondary N) is 23. The largest absolute Gasteiger partial charge is 0.481 e. The Kier molecular flexibility index (Phi) is 51.2. The third-order valence-electron chi connectivity index (χ3n) is 22.8. The summed E-state index contributed by atoms with van der Waals surface area (Å²) in [4.78, 5) is 323. The lowest BCUT2D eigenvalue weighted by Crippen LogP contribution is -2.62. The number of hydrogen-bond donors (Lipinski definition) is 29. The molecule has 800 valence electrons. The molecular weight excluding hydrogens is 1980 g/mol. The van der Waals surface area contributed by atoms with Crippen molar-refractivity contribution in [2.75, 3.05) is 75.4 Å². The quantitative estimate of drug-likeness (QED) is 0.0190. The Morgan fingerprint density at radius 2 is 0.731 bits per heavy atom. The lowest BCUT2D eigenvalue weighted by molar-refractivity contribution is -0.143. The van der Waals surface area contributed by atoms with Crippen molar-refractivity contribution in [1.29, 1.82) is 10.8 Å². The molecule has 6 rings (SSSR count). The first-order valence-corrected chi connectivity index (χ1v) is 52.2. The van der Waals surface area contributed by atoms with Crippen molar-refractivity contribution in [2.24, 2.45) is 35.0 Å². The van der Waals surface area contributed by atoms with Crippen molar-refractivity contribution in [2.45, 2.75) is 241 Å². The number of rotatable bonds is 25. The first kappa shape index (κ1) is 120. The molecule has 0 radical (unpaired) electrons. The predicted molar refractivity (Wildman–Crippen MR) is 532 cm³/mol. The van der Waals surface area contributed by atoms with Crippen LogP contribution in [0.2, 0.25) is 0 Å². The number of hydrogen-bond acceptors (Lipinski definition) is 30. The zero-order valence-corrected chi connectivity index (χ0v) is 84.6. The molecular formula is C89H135N27O25S4. The van der Waals surface area contributed by atoms with Gasteiger partial charge in [0, 0.05) is 55.5 Å². The summed E-state index contributed by atoms with van der Waals surface area (Å²) in [6, 6.07) is -12.6. The number of carbonyl (C=O) groups is 22. The second kappa shape index (κ2) is 61.7. The molecule has 4 bridgehead atoms. The maximum Gasteiger partial charge on any atom is 0.305 e. The number of benzene rings is 2. The summed E-state index contributed by atoms with van der Waals surface area (Å²) < 4.78 is 0. The third kappa shape index (κ3) is 42.5. The number of aliphatic hydroxyl groups is 1. The molecule has 4 heterocycles. The number of amides is 20. The molecule has 32 N–H and O–H groups in total. The number of aliphatic carboxylic acids is 2. The molecule has 4 saturated heterocycles. The Morgan fingerprint density at radius 3 is 1.14 bits per heavy atom. The van der Waals surface area contributed by atoms with E-state index in [4.69, 9.17) is 28.0 Å². The summed E-state index contributed by atoms with van der Waals surface area (Å²) in [7, 11) is 2.79. The molecule has 4 fully saturated rings. The molecule has 0 aliphatic carbocycles. The van der Waals surface area contributed by atoms with E-state index in [1.807, 2.05) is 0 Å². The highest BCUT2D eigenvalue weighted by Gasteiger charge is 2.44. The average molecular weight is 2110 g/mol. The summed E-state index contributed by atoms with van der Waals surface area (Å²) in [6.07, 6.45) is -5.38. The van der Waals surface area contributed by atoms with Gasteiger partial charge in [-0.15, -0.1) is 0 Å². The van der Waals surface area contributed by atoms with Crippen molar-refractivity contribution in [3.63, 3.8) is 0 Å². The summed E-state index contributed by atoms with van der Waals surface area (Å²) in [5, 5.41) is 99.2. The third-order valence-corrected chi connectivity index (χ3v) is 27.6. The minimum atomic E-state index is -2.06. The van der Waals surface area contributed by atoms with E-state index in [0.29, 0.717) is 49.9 Å². The number of aliphatic hydroxyl groups excluding tert-OH is 1. The molecule has 56 heteroatoms. The van der Waals surface area contributed by atoms with Crippen LogP contribution in [0.1, 0.15) is 137 Å². The number of carbonyl (C=O) groups excluding carboxylic acids is 20. The second-order valence-electron chi connectivity index (χ2n) is 35.8. The predicted octanol–water partition coefficient (Wildman–Crippen LogP) is -8.65. The second-order valence-corrected chi connectivity index (χ2v) is 40.9. The van der Waals surface area contributed by atoms with E-state index in [1.165, 1.54) is 32.6 Å². The van der Waals surface area contributed by atoms with E-state index in [9.17, 15) is 82.4 Å². The fourth-order valence-corrected chi connectivity index (χ4v) is 19.8. The first-order valence-electron chi connectivity index (χ1n) is 47.2. The van der Waals surface area contributed by atoms with Crippen molar-refractivity contribution in [3.8, 4) is 0 Å². The highest BCUT2D eigenvalue weighted by molar-refractivity contribution is 8.77. The van der Waals surface area contributed by atoms with Crippen molar-refractivity contribution in [1.82, 2.24) is 117 Å². The molecule has 52 nitrogen and oxygen atoms in total. The van der Waals surface area contributed by atoms with E-state index in [0.717, 1.165) is 17.7 Å². The van der Waals surface area contributed by atoms with Gasteiger partial charge in [-0.2, -0.15) is 0 Å². The van der Waals surface area contributed by atoms with Crippen molar-refractivity contribution in [3.05, 3.63) is 71.8 Å². The standard InChI is InChI=1S/C89H135N27O25S4/c1-44(2)31-57-87(141)116-30-18-26-62(116)83(137)106-52(23-14-15-27-90)74(128)115-71(47(7)117)84(138)100-36-63(118)97-37-64(119)103-58-40-142-144-42-60-81(135)105-51(25-17-29-96-89(93)94)73(127)99-39-66(121)102-56(35-68(124)125)76(130)108-54(33-49-21-12-9-13-22-49)78(132)114-70(46(5)6)86(140)112-61(82(136)109-57)43-145-143-41-59(110-79(58)133)80(134)104-50(24-16-28-95-88(91)92)72(126)98-38-65(120)101-55(34-67(122)123)75(129)107-53(32-48-19-10-8-11-20-48)77(131)113-69(45(3)4)85(139)111-60/h8-13,19-22,44-47,50-62,69-71,117H,14-18,23-43,90H2,1-7H3,(H,97,118)(H,98,126)(H,99,127)(H,100,138)(H,101,120)(H,102,121)(H,103,119)(H,104,134)(H,105,135)(H,106,137)(H,107,129)(H,108,130)(H,109,136)(H,110,133)(H,111,139)(H,112,140)(H,113,131)(H,114,132)(H,115,128)(H,122,123)(H,124,125)(H4,91,92,95)(H4,93,94,96)/t47-,50+,51+,52+,53-,54-,55+,56+,57+,58+,59+,60+,61+,62+,69+,70+,71+/m1/s1. The Balaban J connectivity index is 1.66. The van der Waals surface area contributed by atoms with Gasteiger partial charge in [-0.3, -0.25) is 116 Å². The van der Waals surface area contributed by atoms with Gasteiger partial charge in [0.15, 0.2) is 11.9 Å². The minimum Gasteiger partial charge on any atom is -0.481 e. The SMILES string of the molecule is CC(C)C[C@@H]1NC(=O)[C@@H]2CSSC[C@@H]3NC(=O)[C@H](CSSC[C@H](NC(=O)[C@H](C(C)C)NC(=O)[C@@H](Cc4ccccc4)NC(=O)[C@H](CC(=O)O)NC(=O)CNC(=O)[C@H](CCCNC(=N)N)NC3=O)C(=O)N[C@@H](CCCNC(=N)N)C(=O)NCC(=O)N[C@@H](CC(=O)O)C(=O)N[C@H](Cc3ccccc3)C(=O)N[C@@H](C(C)C)C(=O)N2)NC(=O)CNC(=O)CNC(=O)[C@H]([C@@H](C)O)NC(=O)[C@H](CCCCN)NC(=O)[C@@H]2CCCN2C1=O. The molecule has 0 unspecified atom stereocenters. The highest BCUT2D eigenvalue weighted by Crippen LogP contribution is 2.28. The molecule has 2 aromatic rings. The Morgan fingerprint density at radius 1 is 0.386 bits per heavy atom. The zero-order valence-electron chi connectivity index (χ0n) is 81.3. The van der Waals surface area contributed by atoms with Crippen molar-refractivity contribution < 1.29 is 121 Å². The average Bonchev–Trinajstić information content (AvgIpc) is 1.70. The minimum absolute atomic E-state index is 0.00389. The lowest BCUT2D eigenvalue weighted by Gasteiger charge is -2.32. The van der Waals surface area contributed by atoms with Crippen LogP contribution < -0.4 is 129 Å². The number of unbranched alkanes of at least 4 members (excludes halogenated alkanes) is 1. The monoisotopic (exact) mass is 2110 g/mol. The van der Waals surface area contributed by atoms with Gasteiger partial charge in [0.05, 0.1) is 45.1 Å². The van der Waals surface area contributed by atoms with Crippen LogP contribution in [0.4, 0.5) is 0 Å². The Hall–Kier alpha value is -13.4. The van der Waals surface area contributed by atoms with E-state index < -0.39 is 337 Å². The summed E-state index contributed by atoms with van der Waals surface area (Å²) >= 11 is 0. The van der Waals surface area contributed by atoms with Gasteiger partial charge in [0.2, 0.25) is 118 Å². The van der Waals surface area contributed by atoms with Crippen LogP contribution in [-0.4, -0.2) is 340 Å². The van der Waals surface area contributed by atoms with Crippen LogP contribution in [0.25, 0.3) is 0 Å². The zero-order chi connectivity index (χ0) is 107. The molecule has 0 saturated carbocycles.